The van der Waals surface area contributed by atoms with Crippen molar-refractivity contribution in [2.45, 2.75) is 57.8 Å². The number of methoxy groups -OCH3 is 1. The van der Waals surface area contributed by atoms with E-state index >= 15 is 0 Å². The van der Waals surface area contributed by atoms with Crippen molar-refractivity contribution in [2.24, 2.45) is 5.92 Å². The molecule has 27 heavy (non-hydrogen) atoms. The summed E-state index contributed by atoms with van der Waals surface area (Å²) < 4.78 is 10.5. The van der Waals surface area contributed by atoms with Crippen LogP contribution in [0, 0.1) is 5.92 Å². The van der Waals surface area contributed by atoms with Gasteiger partial charge in [-0.3, -0.25) is 4.79 Å². The van der Waals surface area contributed by atoms with E-state index in [1.807, 2.05) is 24.3 Å². The minimum absolute atomic E-state index is 0.244. The van der Waals surface area contributed by atoms with E-state index in [4.69, 9.17) is 9.26 Å². The number of benzene rings is 1. The third-order valence-electron chi connectivity index (χ3n) is 5.16. The van der Waals surface area contributed by atoms with Crippen LogP contribution in [0.25, 0.3) is 11.4 Å². The minimum atomic E-state index is 0.244. The fourth-order valence-electron chi connectivity index (χ4n) is 3.51. The number of hydrogen-bond donors (Lipinski definition) is 1. The molecule has 1 heterocycles. The molecule has 1 fully saturated rings. The first kappa shape index (κ1) is 19.4. The SMILES string of the molecule is COc1ccc(-c2noc(CCCCCNC(=O)C3CCCCC3)n2)cc1. The zero-order valence-corrected chi connectivity index (χ0v) is 16.1. The molecule has 6 heteroatoms. The van der Waals surface area contributed by atoms with Gasteiger partial charge in [-0.2, -0.15) is 4.98 Å². The van der Waals surface area contributed by atoms with E-state index < -0.39 is 0 Å². The van der Waals surface area contributed by atoms with Gasteiger partial charge in [-0.25, -0.2) is 0 Å². The maximum absolute atomic E-state index is 12.1. The Morgan fingerprint density at radius 3 is 2.67 bits per heavy atom. The van der Waals surface area contributed by atoms with E-state index in [1.54, 1.807) is 7.11 Å². The van der Waals surface area contributed by atoms with Gasteiger partial charge in [0.1, 0.15) is 5.75 Å². The van der Waals surface area contributed by atoms with Crippen LogP contribution >= 0.6 is 0 Å². The van der Waals surface area contributed by atoms with Crippen molar-refractivity contribution in [3.8, 4) is 17.1 Å². The molecule has 0 bridgehead atoms. The van der Waals surface area contributed by atoms with Gasteiger partial charge in [-0.05, 0) is 49.9 Å². The van der Waals surface area contributed by atoms with Gasteiger partial charge >= 0.3 is 0 Å². The molecular formula is C21H29N3O3. The Bertz CT molecular complexity index is 706. The summed E-state index contributed by atoms with van der Waals surface area (Å²) in [5, 5.41) is 7.13. The Morgan fingerprint density at radius 2 is 1.93 bits per heavy atom. The Morgan fingerprint density at radius 1 is 1.15 bits per heavy atom. The van der Waals surface area contributed by atoms with Gasteiger partial charge < -0.3 is 14.6 Å². The van der Waals surface area contributed by atoms with E-state index in [2.05, 4.69) is 15.5 Å². The molecular weight excluding hydrogens is 342 g/mol. The van der Waals surface area contributed by atoms with Gasteiger partial charge in [-0.1, -0.05) is 30.8 Å². The summed E-state index contributed by atoms with van der Waals surface area (Å²) in [5.41, 5.74) is 0.913. The molecule has 1 N–H and O–H groups in total. The molecule has 1 aromatic carbocycles. The van der Waals surface area contributed by atoms with Crippen LogP contribution in [0.4, 0.5) is 0 Å². The molecule has 3 rings (SSSR count). The van der Waals surface area contributed by atoms with Crippen LogP contribution in [0.1, 0.15) is 57.3 Å². The molecule has 1 aliphatic rings. The highest BCUT2D eigenvalue weighted by atomic mass is 16.5. The summed E-state index contributed by atoms with van der Waals surface area (Å²) in [7, 11) is 1.64. The van der Waals surface area contributed by atoms with Gasteiger partial charge in [0.05, 0.1) is 7.11 Å². The van der Waals surface area contributed by atoms with Gasteiger partial charge in [-0.15, -0.1) is 0 Å². The Hall–Kier alpha value is -2.37. The molecule has 1 saturated carbocycles. The average molecular weight is 371 g/mol. The van der Waals surface area contributed by atoms with Gasteiger partial charge in [0.2, 0.25) is 17.6 Å². The van der Waals surface area contributed by atoms with Crippen molar-refractivity contribution in [1.29, 1.82) is 0 Å². The molecule has 0 spiro atoms. The molecule has 146 valence electrons. The van der Waals surface area contributed by atoms with Crippen molar-refractivity contribution in [3.05, 3.63) is 30.2 Å². The van der Waals surface area contributed by atoms with Crippen LogP contribution < -0.4 is 10.1 Å². The maximum Gasteiger partial charge on any atom is 0.226 e. The summed E-state index contributed by atoms with van der Waals surface area (Å²) in [4.78, 5) is 16.5. The molecule has 2 aromatic rings. The number of nitrogens with one attached hydrogen (secondary N) is 1. The summed E-state index contributed by atoms with van der Waals surface area (Å²) >= 11 is 0. The largest absolute Gasteiger partial charge is 0.497 e. The molecule has 1 amide bonds. The second-order valence-electron chi connectivity index (χ2n) is 7.18. The lowest BCUT2D eigenvalue weighted by Crippen LogP contribution is -2.32. The summed E-state index contributed by atoms with van der Waals surface area (Å²) in [6, 6.07) is 7.60. The number of unbranched alkanes of at least 4 members (excludes halogenated alkanes) is 2. The number of ether oxygens (including phenoxy) is 1. The Balaban J connectivity index is 1.32. The second-order valence-corrected chi connectivity index (χ2v) is 7.18. The highest BCUT2D eigenvalue weighted by Crippen LogP contribution is 2.23. The zero-order chi connectivity index (χ0) is 18.9. The van der Waals surface area contributed by atoms with Crippen LogP contribution in [0.5, 0.6) is 5.75 Å². The normalized spacial score (nSPS) is 14.9. The zero-order valence-electron chi connectivity index (χ0n) is 16.1. The van der Waals surface area contributed by atoms with Crippen molar-refractivity contribution in [2.75, 3.05) is 13.7 Å². The first-order chi connectivity index (χ1) is 13.3. The lowest BCUT2D eigenvalue weighted by molar-refractivity contribution is -0.125. The fraction of sp³-hybridized carbons (Fsp3) is 0.571. The van der Waals surface area contributed by atoms with Crippen LogP contribution in [0.15, 0.2) is 28.8 Å². The van der Waals surface area contributed by atoms with Crippen molar-refractivity contribution in [3.63, 3.8) is 0 Å². The number of rotatable bonds is 9. The third-order valence-corrected chi connectivity index (χ3v) is 5.16. The number of carbonyl (C=O) groups is 1. The standard InChI is InChI=1S/C21H29N3O3/c1-26-18-13-11-16(12-14-18)20-23-19(27-24-20)10-6-3-7-15-22-21(25)17-8-4-2-5-9-17/h11-14,17H,2-10,15H2,1H3,(H,22,25). The van der Waals surface area contributed by atoms with Crippen LogP contribution in [0.3, 0.4) is 0 Å². The monoisotopic (exact) mass is 371 g/mol. The number of amides is 1. The molecule has 0 aliphatic heterocycles. The molecule has 6 nitrogen and oxygen atoms in total. The molecule has 0 saturated heterocycles. The van der Waals surface area contributed by atoms with Crippen molar-refractivity contribution >= 4 is 5.91 Å². The van der Waals surface area contributed by atoms with Crippen LogP contribution in [-0.2, 0) is 11.2 Å². The first-order valence-electron chi connectivity index (χ1n) is 10.0. The average Bonchev–Trinajstić information content (AvgIpc) is 3.20. The molecule has 0 atom stereocenters. The van der Waals surface area contributed by atoms with Gasteiger partial charge in [0.15, 0.2) is 0 Å². The third kappa shape index (κ3) is 5.81. The number of aryl methyl sites for hydroxylation is 1. The van der Waals surface area contributed by atoms with E-state index in [0.717, 1.165) is 56.4 Å². The topological polar surface area (TPSA) is 77.3 Å². The summed E-state index contributed by atoms with van der Waals surface area (Å²) in [5.74, 6) is 2.56. The highest BCUT2D eigenvalue weighted by Gasteiger charge is 2.20. The number of carbonyl (C=O) groups excluding carboxylic acids is 1. The summed E-state index contributed by atoms with van der Waals surface area (Å²) in [6.07, 6.45) is 9.53. The van der Waals surface area contributed by atoms with E-state index in [-0.39, 0.29) is 11.8 Å². The van der Waals surface area contributed by atoms with Gasteiger partial charge in [0.25, 0.3) is 0 Å². The highest BCUT2D eigenvalue weighted by molar-refractivity contribution is 5.78. The predicted molar refractivity (Wildman–Crippen MR) is 103 cm³/mol. The smallest absolute Gasteiger partial charge is 0.226 e. The second kappa shape index (κ2) is 10.1. The van der Waals surface area contributed by atoms with E-state index in [1.165, 1.54) is 19.3 Å². The maximum atomic E-state index is 12.1. The molecule has 1 aliphatic carbocycles. The molecule has 1 aromatic heterocycles. The quantitative estimate of drug-likeness (QED) is 0.670. The van der Waals surface area contributed by atoms with E-state index in [0.29, 0.717) is 11.7 Å². The van der Waals surface area contributed by atoms with Crippen molar-refractivity contribution in [1.82, 2.24) is 15.5 Å². The first-order valence-corrected chi connectivity index (χ1v) is 10.0. The predicted octanol–water partition coefficient (Wildman–Crippen LogP) is 4.15. The van der Waals surface area contributed by atoms with Crippen LogP contribution in [0.2, 0.25) is 0 Å². The minimum Gasteiger partial charge on any atom is -0.497 e. The Kier molecular flexibility index (Phi) is 7.25. The summed E-state index contributed by atoms with van der Waals surface area (Å²) in [6.45, 7) is 0.760. The lowest BCUT2D eigenvalue weighted by atomic mass is 9.89. The van der Waals surface area contributed by atoms with Crippen LogP contribution in [-0.4, -0.2) is 29.7 Å². The number of hydrogen-bond acceptors (Lipinski definition) is 5. The van der Waals surface area contributed by atoms with Crippen molar-refractivity contribution < 1.29 is 14.1 Å². The van der Waals surface area contributed by atoms with Gasteiger partial charge in [0, 0.05) is 24.4 Å². The molecule has 0 unspecified atom stereocenters. The van der Waals surface area contributed by atoms with E-state index in [9.17, 15) is 4.79 Å². The lowest BCUT2D eigenvalue weighted by Gasteiger charge is -2.20. The fourth-order valence-corrected chi connectivity index (χ4v) is 3.51. The Labute approximate surface area is 160 Å². The number of nitrogens with zero attached hydrogens (tertiary/aromatic N) is 2. The number of aromatic nitrogens is 2. The molecule has 0 radical (unpaired) electrons.